The molecule has 21 heavy (non-hydrogen) atoms. The maximum Gasteiger partial charge on any atom is 0.0949 e. The third-order valence-corrected chi connectivity index (χ3v) is 4.52. The molecule has 0 aliphatic carbocycles. The molecule has 3 rings (SSSR count). The standard InChI is InChI=1S/C16H18N4S/c1-12-16(21-11-18-12)13(2)19-15-5-3-4-14(8-15)9-20-7-6-17-10-20/h3-8,10-11,13,19H,9H2,1-2H3. The third kappa shape index (κ3) is 3.31. The highest BCUT2D eigenvalue weighted by molar-refractivity contribution is 7.09. The van der Waals surface area contributed by atoms with Gasteiger partial charge in [0.05, 0.1) is 23.6 Å². The van der Waals surface area contributed by atoms with E-state index in [0.29, 0.717) is 0 Å². The fraction of sp³-hybridized carbons (Fsp3) is 0.250. The molecular formula is C16H18N4S. The molecule has 0 amide bonds. The van der Waals surface area contributed by atoms with Crippen LogP contribution in [0.3, 0.4) is 0 Å². The van der Waals surface area contributed by atoms with E-state index in [1.165, 1.54) is 10.4 Å². The van der Waals surface area contributed by atoms with E-state index in [-0.39, 0.29) is 6.04 Å². The van der Waals surface area contributed by atoms with Gasteiger partial charge in [-0.3, -0.25) is 0 Å². The van der Waals surface area contributed by atoms with E-state index >= 15 is 0 Å². The van der Waals surface area contributed by atoms with E-state index in [2.05, 4.69) is 58.0 Å². The Kier molecular flexibility index (Phi) is 4.01. The van der Waals surface area contributed by atoms with Crippen LogP contribution in [0.4, 0.5) is 5.69 Å². The van der Waals surface area contributed by atoms with Crippen LogP contribution >= 0.6 is 11.3 Å². The van der Waals surface area contributed by atoms with Crippen LogP contribution in [0.25, 0.3) is 0 Å². The first-order valence-corrected chi connectivity index (χ1v) is 7.81. The normalized spacial score (nSPS) is 12.3. The number of aryl methyl sites for hydroxylation is 1. The Morgan fingerprint density at radius 2 is 2.29 bits per heavy atom. The summed E-state index contributed by atoms with van der Waals surface area (Å²) >= 11 is 1.70. The highest BCUT2D eigenvalue weighted by atomic mass is 32.1. The molecule has 5 heteroatoms. The van der Waals surface area contributed by atoms with E-state index < -0.39 is 0 Å². The van der Waals surface area contributed by atoms with Crippen molar-refractivity contribution in [3.63, 3.8) is 0 Å². The highest BCUT2D eigenvalue weighted by Crippen LogP contribution is 2.25. The van der Waals surface area contributed by atoms with Gasteiger partial charge in [0.15, 0.2) is 0 Å². The largest absolute Gasteiger partial charge is 0.378 e. The smallest absolute Gasteiger partial charge is 0.0949 e. The van der Waals surface area contributed by atoms with Crippen molar-refractivity contribution in [3.05, 3.63) is 64.6 Å². The van der Waals surface area contributed by atoms with Gasteiger partial charge in [0.2, 0.25) is 0 Å². The van der Waals surface area contributed by atoms with Crippen LogP contribution in [0.5, 0.6) is 0 Å². The van der Waals surface area contributed by atoms with Gasteiger partial charge in [-0.2, -0.15) is 0 Å². The van der Waals surface area contributed by atoms with Gasteiger partial charge in [0.25, 0.3) is 0 Å². The molecule has 0 aliphatic heterocycles. The second kappa shape index (κ2) is 6.10. The SMILES string of the molecule is Cc1ncsc1C(C)Nc1cccc(Cn2ccnc2)c1. The van der Waals surface area contributed by atoms with Gasteiger partial charge in [-0.25, -0.2) is 9.97 Å². The van der Waals surface area contributed by atoms with Crippen LogP contribution in [-0.4, -0.2) is 14.5 Å². The number of hydrogen-bond acceptors (Lipinski definition) is 4. The van der Waals surface area contributed by atoms with Crippen LogP contribution < -0.4 is 5.32 Å². The van der Waals surface area contributed by atoms with E-state index in [4.69, 9.17) is 0 Å². The zero-order valence-electron chi connectivity index (χ0n) is 12.2. The fourth-order valence-electron chi connectivity index (χ4n) is 2.39. The van der Waals surface area contributed by atoms with Crippen LogP contribution in [0.2, 0.25) is 0 Å². The molecule has 0 bridgehead atoms. The summed E-state index contributed by atoms with van der Waals surface area (Å²) in [5, 5.41) is 3.55. The number of nitrogens with one attached hydrogen (secondary N) is 1. The monoisotopic (exact) mass is 298 g/mol. The average Bonchev–Trinajstić information content (AvgIpc) is 3.10. The van der Waals surface area contributed by atoms with Crippen molar-refractivity contribution < 1.29 is 0 Å². The molecule has 3 aromatic rings. The summed E-state index contributed by atoms with van der Waals surface area (Å²) in [6, 6.07) is 8.77. The topological polar surface area (TPSA) is 42.7 Å². The number of benzene rings is 1. The molecule has 2 heterocycles. The van der Waals surface area contributed by atoms with Gasteiger partial charge in [-0.05, 0) is 31.5 Å². The highest BCUT2D eigenvalue weighted by Gasteiger charge is 2.10. The number of imidazole rings is 1. The Labute approximate surface area is 128 Å². The molecule has 2 aromatic heterocycles. The molecule has 1 atom stereocenters. The maximum atomic E-state index is 4.32. The number of rotatable bonds is 5. The van der Waals surface area contributed by atoms with Crippen molar-refractivity contribution in [2.75, 3.05) is 5.32 Å². The van der Waals surface area contributed by atoms with Crippen LogP contribution in [0, 0.1) is 6.92 Å². The summed E-state index contributed by atoms with van der Waals surface area (Å²) in [5.74, 6) is 0. The quantitative estimate of drug-likeness (QED) is 0.777. The van der Waals surface area contributed by atoms with Crippen LogP contribution in [0.1, 0.15) is 29.1 Å². The maximum absolute atomic E-state index is 4.32. The zero-order valence-corrected chi connectivity index (χ0v) is 13.0. The average molecular weight is 298 g/mol. The molecule has 0 spiro atoms. The predicted molar refractivity (Wildman–Crippen MR) is 86.7 cm³/mol. The number of thiazole rings is 1. The first-order chi connectivity index (χ1) is 10.2. The van der Waals surface area contributed by atoms with E-state index in [1.807, 2.05) is 18.0 Å². The lowest BCUT2D eigenvalue weighted by atomic mass is 10.1. The number of nitrogens with zero attached hydrogens (tertiary/aromatic N) is 3. The van der Waals surface area contributed by atoms with Gasteiger partial charge >= 0.3 is 0 Å². The second-order valence-corrected chi connectivity index (χ2v) is 5.99. The molecule has 1 N–H and O–H groups in total. The summed E-state index contributed by atoms with van der Waals surface area (Å²) in [7, 11) is 0. The Balaban J connectivity index is 1.72. The van der Waals surface area contributed by atoms with Crippen LogP contribution in [0.15, 0.2) is 48.5 Å². The first kappa shape index (κ1) is 13.8. The molecule has 0 saturated carbocycles. The summed E-state index contributed by atoms with van der Waals surface area (Å²) in [4.78, 5) is 9.68. The molecule has 4 nitrogen and oxygen atoms in total. The van der Waals surface area contributed by atoms with Crippen molar-refractivity contribution in [3.8, 4) is 0 Å². The number of aromatic nitrogens is 3. The van der Waals surface area contributed by atoms with Gasteiger partial charge in [0.1, 0.15) is 0 Å². The molecular weight excluding hydrogens is 280 g/mol. The van der Waals surface area contributed by atoms with Crippen molar-refractivity contribution in [1.82, 2.24) is 14.5 Å². The minimum atomic E-state index is 0.265. The molecule has 0 fully saturated rings. The summed E-state index contributed by atoms with van der Waals surface area (Å²) < 4.78 is 2.07. The number of anilines is 1. The molecule has 1 aromatic carbocycles. The van der Waals surface area contributed by atoms with Gasteiger partial charge in [0, 0.05) is 29.5 Å². The van der Waals surface area contributed by atoms with Gasteiger partial charge < -0.3 is 9.88 Å². The van der Waals surface area contributed by atoms with Crippen molar-refractivity contribution in [2.24, 2.45) is 0 Å². The molecule has 0 radical (unpaired) electrons. The Morgan fingerprint density at radius 3 is 3.00 bits per heavy atom. The zero-order chi connectivity index (χ0) is 14.7. The third-order valence-electron chi connectivity index (χ3n) is 3.41. The summed E-state index contributed by atoms with van der Waals surface area (Å²) in [5.41, 5.74) is 5.40. The van der Waals surface area contributed by atoms with E-state index in [0.717, 1.165) is 17.9 Å². The summed E-state index contributed by atoms with van der Waals surface area (Å²) in [6.45, 7) is 5.06. The minimum absolute atomic E-state index is 0.265. The van der Waals surface area contributed by atoms with Crippen molar-refractivity contribution >= 4 is 17.0 Å². The lowest BCUT2D eigenvalue weighted by molar-refractivity contribution is 0.796. The predicted octanol–water partition coefficient (Wildman–Crippen LogP) is 3.87. The molecule has 0 aliphatic rings. The molecule has 0 saturated heterocycles. The minimum Gasteiger partial charge on any atom is -0.378 e. The second-order valence-electron chi connectivity index (χ2n) is 5.10. The lowest BCUT2D eigenvalue weighted by Crippen LogP contribution is -2.07. The number of hydrogen-bond donors (Lipinski definition) is 1. The fourth-order valence-corrected chi connectivity index (χ4v) is 3.20. The van der Waals surface area contributed by atoms with Gasteiger partial charge in [-0.1, -0.05) is 12.1 Å². The summed E-state index contributed by atoms with van der Waals surface area (Å²) in [6.07, 6.45) is 5.61. The first-order valence-electron chi connectivity index (χ1n) is 6.93. The van der Waals surface area contributed by atoms with E-state index in [1.54, 1.807) is 17.5 Å². The lowest BCUT2D eigenvalue weighted by Gasteiger charge is -2.15. The van der Waals surface area contributed by atoms with Gasteiger partial charge in [-0.15, -0.1) is 11.3 Å². The Morgan fingerprint density at radius 1 is 1.38 bits per heavy atom. The Hall–Kier alpha value is -2.14. The van der Waals surface area contributed by atoms with Crippen molar-refractivity contribution in [2.45, 2.75) is 26.4 Å². The van der Waals surface area contributed by atoms with E-state index in [9.17, 15) is 0 Å². The van der Waals surface area contributed by atoms with Crippen LogP contribution in [-0.2, 0) is 6.54 Å². The van der Waals surface area contributed by atoms with Crippen molar-refractivity contribution in [1.29, 1.82) is 0 Å². The Bertz CT molecular complexity index is 703. The molecule has 108 valence electrons. The molecule has 1 unspecified atom stereocenters.